The predicted molar refractivity (Wildman–Crippen MR) is 44.7 cm³/mol. The zero-order chi connectivity index (χ0) is 7.56. The number of rotatable bonds is 1. The second-order valence-corrected chi connectivity index (χ2v) is 3.48. The van der Waals surface area contributed by atoms with E-state index in [2.05, 4.69) is 19.9 Å². The molecule has 1 aliphatic carbocycles. The molecule has 1 nitrogen and oxygen atoms in total. The molecule has 10 heavy (non-hydrogen) atoms. The fourth-order valence-electron chi connectivity index (χ4n) is 1.44. The van der Waals surface area contributed by atoms with Gasteiger partial charge in [0.15, 0.2) is 0 Å². The summed E-state index contributed by atoms with van der Waals surface area (Å²) < 4.78 is 0. The van der Waals surface area contributed by atoms with E-state index >= 15 is 0 Å². The Labute approximate surface area is 63.3 Å². The van der Waals surface area contributed by atoms with E-state index in [-0.39, 0.29) is 0 Å². The first kappa shape index (κ1) is 7.80. The van der Waals surface area contributed by atoms with Gasteiger partial charge in [0.25, 0.3) is 0 Å². The Bertz CT molecular complexity index is 136. The minimum Gasteiger partial charge on any atom is -0.327 e. The van der Waals surface area contributed by atoms with Gasteiger partial charge in [-0.1, -0.05) is 25.5 Å². The second kappa shape index (κ2) is 3.20. The van der Waals surface area contributed by atoms with Crippen LogP contribution in [0.3, 0.4) is 0 Å². The van der Waals surface area contributed by atoms with E-state index in [1.807, 2.05) is 0 Å². The van der Waals surface area contributed by atoms with Gasteiger partial charge >= 0.3 is 0 Å². The Hall–Kier alpha value is -0.300. The third-order valence-electron chi connectivity index (χ3n) is 2.18. The van der Waals surface area contributed by atoms with Crippen molar-refractivity contribution in [1.29, 1.82) is 0 Å². The Morgan fingerprint density at radius 2 is 2.30 bits per heavy atom. The summed E-state index contributed by atoms with van der Waals surface area (Å²) in [5.41, 5.74) is 7.38. The molecular weight excluding hydrogens is 122 g/mol. The Kier molecular flexibility index (Phi) is 2.50. The van der Waals surface area contributed by atoms with Gasteiger partial charge in [-0.2, -0.15) is 0 Å². The van der Waals surface area contributed by atoms with Crippen molar-refractivity contribution in [1.82, 2.24) is 0 Å². The highest BCUT2D eigenvalue weighted by Crippen LogP contribution is 2.22. The minimum atomic E-state index is 0.433. The number of hydrogen-bond acceptors (Lipinski definition) is 1. The van der Waals surface area contributed by atoms with E-state index in [4.69, 9.17) is 5.73 Å². The topological polar surface area (TPSA) is 26.0 Å². The highest BCUT2D eigenvalue weighted by molar-refractivity contribution is 5.10. The molecule has 0 aromatic carbocycles. The van der Waals surface area contributed by atoms with Crippen LogP contribution in [0, 0.1) is 5.92 Å². The first-order valence-electron chi connectivity index (χ1n) is 4.14. The lowest BCUT2D eigenvalue weighted by molar-refractivity contribution is 0.544. The summed E-state index contributed by atoms with van der Waals surface area (Å²) in [5.74, 6) is 0.700. The van der Waals surface area contributed by atoms with Crippen LogP contribution >= 0.6 is 0 Å². The molecule has 1 rings (SSSR count). The van der Waals surface area contributed by atoms with Crippen LogP contribution in [-0.4, -0.2) is 6.04 Å². The van der Waals surface area contributed by atoms with Crippen LogP contribution in [0.15, 0.2) is 11.6 Å². The Morgan fingerprint density at radius 1 is 1.60 bits per heavy atom. The molecule has 0 unspecified atom stereocenters. The van der Waals surface area contributed by atoms with Crippen LogP contribution in [-0.2, 0) is 0 Å². The summed E-state index contributed by atoms with van der Waals surface area (Å²) >= 11 is 0. The van der Waals surface area contributed by atoms with E-state index in [9.17, 15) is 0 Å². The predicted octanol–water partition coefficient (Wildman–Crippen LogP) is 2.08. The van der Waals surface area contributed by atoms with Crippen molar-refractivity contribution in [2.45, 2.75) is 39.2 Å². The van der Waals surface area contributed by atoms with Crippen LogP contribution < -0.4 is 5.73 Å². The molecule has 1 heteroatoms. The van der Waals surface area contributed by atoms with Crippen LogP contribution in [0.2, 0.25) is 0 Å². The molecular formula is C9H17N. The number of hydrogen-bond donors (Lipinski definition) is 1. The molecule has 58 valence electrons. The third-order valence-corrected chi connectivity index (χ3v) is 2.18. The molecule has 0 radical (unpaired) electrons. The number of allylic oxidation sites excluding steroid dienone is 1. The maximum atomic E-state index is 5.82. The molecule has 0 aliphatic heterocycles. The van der Waals surface area contributed by atoms with Crippen molar-refractivity contribution in [3.05, 3.63) is 11.6 Å². The SMILES string of the molecule is CC(C)C1=CCC[C@H](N)C1. The first-order valence-corrected chi connectivity index (χ1v) is 4.14. The van der Waals surface area contributed by atoms with Crippen molar-refractivity contribution < 1.29 is 0 Å². The van der Waals surface area contributed by atoms with E-state index in [1.165, 1.54) is 12.8 Å². The van der Waals surface area contributed by atoms with E-state index in [0.717, 1.165) is 6.42 Å². The smallest absolute Gasteiger partial charge is 0.00791 e. The van der Waals surface area contributed by atoms with Gasteiger partial charge in [-0.05, 0) is 25.2 Å². The van der Waals surface area contributed by atoms with E-state index < -0.39 is 0 Å². The van der Waals surface area contributed by atoms with Gasteiger partial charge in [-0.25, -0.2) is 0 Å². The average molecular weight is 139 g/mol. The van der Waals surface area contributed by atoms with Gasteiger partial charge in [-0.3, -0.25) is 0 Å². The Balaban J connectivity index is 2.51. The van der Waals surface area contributed by atoms with Crippen molar-refractivity contribution in [2.24, 2.45) is 11.7 Å². The summed E-state index contributed by atoms with van der Waals surface area (Å²) in [5, 5.41) is 0. The normalized spacial score (nSPS) is 26.8. The molecule has 1 aliphatic rings. The summed E-state index contributed by atoms with van der Waals surface area (Å²) in [6.45, 7) is 4.48. The van der Waals surface area contributed by atoms with Gasteiger partial charge in [0.1, 0.15) is 0 Å². The molecule has 0 bridgehead atoms. The van der Waals surface area contributed by atoms with Crippen LogP contribution in [0.25, 0.3) is 0 Å². The van der Waals surface area contributed by atoms with Gasteiger partial charge in [0.2, 0.25) is 0 Å². The maximum absolute atomic E-state index is 5.82. The van der Waals surface area contributed by atoms with E-state index in [0.29, 0.717) is 12.0 Å². The lowest BCUT2D eigenvalue weighted by Gasteiger charge is -2.21. The number of nitrogens with two attached hydrogens (primary N) is 1. The lowest BCUT2D eigenvalue weighted by Crippen LogP contribution is -2.23. The minimum absolute atomic E-state index is 0.433. The molecule has 0 fully saturated rings. The fourth-order valence-corrected chi connectivity index (χ4v) is 1.44. The quantitative estimate of drug-likeness (QED) is 0.553. The third kappa shape index (κ3) is 1.84. The summed E-state index contributed by atoms with van der Waals surface area (Å²) in [6.07, 6.45) is 5.84. The largest absolute Gasteiger partial charge is 0.327 e. The van der Waals surface area contributed by atoms with Crippen LogP contribution in [0.1, 0.15) is 33.1 Å². The molecule has 0 heterocycles. The van der Waals surface area contributed by atoms with Gasteiger partial charge in [-0.15, -0.1) is 0 Å². The van der Waals surface area contributed by atoms with Crippen LogP contribution in [0.4, 0.5) is 0 Å². The van der Waals surface area contributed by atoms with Crippen LogP contribution in [0.5, 0.6) is 0 Å². The molecule has 2 N–H and O–H groups in total. The van der Waals surface area contributed by atoms with E-state index in [1.54, 1.807) is 5.57 Å². The molecule has 0 aromatic heterocycles. The zero-order valence-electron chi connectivity index (χ0n) is 6.93. The lowest BCUT2D eigenvalue weighted by atomic mass is 9.89. The highest BCUT2D eigenvalue weighted by Gasteiger charge is 2.12. The second-order valence-electron chi connectivity index (χ2n) is 3.48. The van der Waals surface area contributed by atoms with Crippen molar-refractivity contribution in [2.75, 3.05) is 0 Å². The summed E-state index contributed by atoms with van der Waals surface area (Å²) in [7, 11) is 0. The fraction of sp³-hybridized carbons (Fsp3) is 0.778. The monoisotopic (exact) mass is 139 g/mol. The first-order chi connectivity index (χ1) is 4.70. The highest BCUT2D eigenvalue weighted by atomic mass is 14.6. The Morgan fingerprint density at radius 3 is 2.70 bits per heavy atom. The van der Waals surface area contributed by atoms with Gasteiger partial charge in [0.05, 0.1) is 0 Å². The molecule has 0 amide bonds. The van der Waals surface area contributed by atoms with Crippen molar-refractivity contribution in [3.63, 3.8) is 0 Å². The molecule has 0 spiro atoms. The molecule has 0 aromatic rings. The van der Waals surface area contributed by atoms with Crippen molar-refractivity contribution >= 4 is 0 Å². The molecule has 0 saturated heterocycles. The average Bonchev–Trinajstić information content (AvgIpc) is 1.88. The maximum Gasteiger partial charge on any atom is 0.00791 e. The van der Waals surface area contributed by atoms with Gasteiger partial charge in [0, 0.05) is 6.04 Å². The molecule has 1 atom stereocenters. The molecule has 0 saturated carbocycles. The summed E-state index contributed by atoms with van der Waals surface area (Å²) in [4.78, 5) is 0. The summed E-state index contributed by atoms with van der Waals surface area (Å²) in [6, 6.07) is 0.433. The standard InChI is InChI=1S/C9H17N/c1-7(2)8-4-3-5-9(10)6-8/h4,7,9H,3,5-6,10H2,1-2H3/t9-/m0/s1. The van der Waals surface area contributed by atoms with Gasteiger partial charge < -0.3 is 5.73 Å². The van der Waals surface area contributed by atoms with Crippen molar-refractivity contribution in [3.8, 4) is 0 Å². The zero-order valence-corrected chi connectivity index (χ0v) is 6.93.